The molecule has 0 radical (unpaired) electrons. The highest BCUT2D eigenvalue weighted by Gasteiger charge is 2.30. The first kappa shape index (κ1) is 44.7. The van der Waals surface area contributed by atoms with Crippen molar-refractivity contribution in [3.8, 4) is 22.3 Å². The molecule has 6 aromatic rings. The number of benzene rings is 4. The minimum Gasteiger partial charge on any atom is -0.393 e. The number of halogens is 2. The number of aliphatic imine (C=N–C) groups is 2. The Kier molecular flexibility index (Phi) is 13.7. The number of guanidine groups is 2. The standard InChI is InChI=1S/C25H29FN4O2.C24H27FN4O2/c1-25(2,18-9-10-20(21(26)15-18)17-7-5-4-6-8-17)22-16-23(32-29-22)28-24(27)30-13-11-19(31-3)12-14-30;1-24(2,17-8-9-19(20(25)14-17)16-6-4-3-5-7-16)21-15-22(31-28-21)27-23(26)29-12-10-18(30)11-13-29/h4-10,15-16,19H,11-14H2,1-3H3,(H2,27,28);3-9,14-15,18,30H,10-13H2,1-2H3,(H2,26,27). The quantitative estimate of drug-likeness (QED) is 0.0944. The number of methoxy groups -OCH3 is 1. The second kappa shape index (κ2) is 19.3. The lowest BCUT2D eigenvalue weighted by Crippen LogP contribution is -2.44. The number of aliphatic hydroxyl groups is 1. The molecule has 12 nitrogen and oxygen atoms in total. The molecule has 0 atom stereocenters. The molecule has 5 N–H and O–H groups in total. The van der Waals surface area contributed by atoms with E-state index in [1.165, 1.54) is 0 Å². The maximum absolute atomic E-state index is 14.9. The average molecular weight is 859 g/mol. The summed E-state index contributed by atoms with van der Waals surface area (Å²) in [5, 5.41) is 18.0. The van der Waals surface area contributed by atoms with Crippen molar-refractivity contribution in [3.05, 3.63) is 143 Å². The maximum atomic E-state index is 14.9. The largest absolute Gasteiger partial charge is 0.393 e. The Morgan fingerprint density at radius 1 is 0.635 bits per heavy atom. The number of aromatic nitrogens is 2. The average Bonchev–Trinajstić information content (AvgIpc) is 3.98. The molecule has 0 bridgehead atoms. The van der Waals surface area contributed by atoms with Crippen LogP contribution in [0, 0.1) is 11.6 Å². The van der Waals surface area contributed by atoms with Crippen LogP contribution in [0.2, 0.25) is 0 Å². The van der Waals surface area contributed by atoms with Crippen molar-refractivity contribution >= 4 is 23.7 Å². The summed E-state index contributed by atoms with van der Waals surface area (Å²) in [5.41, 5.74) is 16.8. The summed E-state index contributed by atoms with van der Waals surface area (Å²) in [6, 6.07) is 33.0. The van der Waals surface area contributed by atoms with E-state index in [9.17, 15) is 13.9 Å². The van der Waals surface area contributed by atoms with Gasteiger partial charge in [0.15, 0.2) is 11.9 Å². The fourth-order valence-corrected chi connectivity index (χ4v) is 7.82. The van der Waals surface area contributed by atoms with Crippen LogP contribution in [-0.4, -0.2) is 82.6 Å². The van der Waals surface area contributed by atoms with Gasteiger partial charge in [-0.15, -0.1) is 0 Å². The molecule has 0 aliphatic carbocycles. The first-order valence-electron chi connectivity index (χ1n) is 21.3. The lowest BCUT2D eigenvalue weighted by atomic mass is 9.81. The molecule has 14 heteroatoms. The van der Waals surface area contributed by atoms with Crippen molar-refractivity contribution in [3.63, 3.8) is 0 Å². The van der Waals surface area contributed by atoms with Crippen LogP contribution >= 0.6 is 0 Å². The van der Waals surface area contributed by atoms with E-state index in [4.69, 9.17) is 25.3 Å². The number of rotatable bonds is 9. The van der Waals surface area contributed by atoms with E-state index in [-0.39, 0.29) is 23.8 Å². The van der Waals surface area contributed by atoms with Crippen molar-refractivity contribution in [1.29, 1.82) is 0 Å². The number of ether oxygens (including phenoxy) is 1. The van der Waals surface area contributed by atoms with E-state index in [1.807, 2.05) is 116 Å². The number of hydrogen-bond acceptors (Lipinski definition) is 8. The highest BCUT2D eigenvalue weighted by atomic mass is 19.1. The van der Waals surface area contributed by atoms with Gasteiger partial charge >= 0.3 is 0 Å². The van der Waals surface area contributed by atoms with Crippen LogP contribution < -0.4 is 11.5 Å². The molecule has 4 heterocycles. The van der Waals surface area contributed by atoms with Gasteiger partial charge < -0.3 is 40.2 Å². The second-order valence-corrected chi connectivity index (χ2v) is 17.1. The molecule has 2 aliphatic heterocycles. The van der Waals surface area contributed by atoms with Gasteiger partial charge in [-0.25, -0.2) is 8.78 Å². The molecule has 4 aromatic carbocycles. The molecule has 0 saturated carbocycles. The molecule has 0 amide bonds. The molecule has 330 valence electrons. The third kappa shape index (κ3) is 10.5. The number of nitrogens with zero attached hydrogens (tertiary/aromatic N) is 6. The SMILES string of the molecule is CC(C)(c1ccc(-c2ccccc2)c(F)c1)c1cc(/N=C(/N)N2CCC(O)CC2)on1.COC1CCN(/C(N)=N\c2cc(C(C)(C)c3ccc(-c4ccccc4)c(F)c3)no2)CC1. The van der Waals surface area contributed by atoms with Gasteiger partial charge in [-0.1, -0.05) is 123 Å². The van der Waals surface area contributed by atoms with Crippen molar-refractivity contribution in [2.24, 2.45) is 21.5 Å². The van der Waals surface area contributed by atoms with Gasteiger partial charge in [0.05, 0.1) is 23.6 Å². The van der Waals surface area contributed by atoms with Crippen molar-refractivity contribution in [2.75, 3.05) is 33.3 Å². The van der Waals surface area contributed by atoms with Crippen LogP contribution in [0.3, 0.4) is 0 Å². The molecule has 63 heavy (non-hydrogen) atoms. The van der Waals surface area contributed by atoms with Gasteiger partial charge in [0, 0.05) is 67.4 Å². The van der Waals surface area contributed by atoms with Gasteiger partial charge in [0.1, 0.15) is 11.6 Å². The van der Waals surface area contributed by atoms with E-state index in [2.05, 4.69) is 20.3 Å². The molecular formula is C49H56F2N8O4. The molecule has 2 fully saturated rings. The number of likely N-dealkylation sites (tertiary alicyclic amines) is 2. The molecular weight excluding hydrogens is 803 g/mol. The summed E-state index contributed by atoms with van der Waals surface area (Å²) in [7, 11) is 1.73. The predicted molar refractivity (Wildman–Crippen MR) is 242 cm³/mol. The monoisotopic (exact) mass is 858 g/mol. The lowest BCUT2D eigenvalue weighted by Gasteiger charge is -2.31. The van der Waals surface area contributed by atoms with Gasteiger partial charge in [-0.3, -0.25) is 0 Å². The maximum Gasteiger partial charge on any atom is 0.253 e. The van der Waals surface area contributed by atoms with Gasteiger partial charge in [-0.2, -0.15) is 9.98 Å². The van der Waals surface area contributed by atoms with Crippen molar-refractivity contribution in [2.45, 2.75) is 76.4 Å². The van der Waals surface area contributed by atoms with E-state index < -0.39 is 10.8 Å². The Bertz CT molecular complexity index is 2510. The highest BCUT2D eigenvalue weighted by Crippen LogP contribution is 2.37. The summed E-state index contributed by atoms with van der Waals surface area (Å²) in [4.78, 5) is 12.7. The summed E-state index contributed by atoms with van der Waals surface area (Å²) in [5.74, 6) is 0.820. The normalized spacial score (nSPS) is 15.9. The summed E-state index contributed by atoms with van der Waals surface area (Å²) >= 11 is 0. The molecule has 2 aliphatic rings. The van der Waals surface area contributed by atoms with E-state index in [0.717, 1.165) is 48.2 Å². The first-order valence-corrected chi connectivity index (χ1v) is 21.3. The van der Waals surface area contributed by atoms with Crippen molar-refractivity contribution < 1.29 is 27.7 Å². The fourth-order valence-electron chi connectivity index (χ4n) is 7.82. The zero-order valence-corrected chi connectivity index (χ0v) is 36.5. The van der Waals surface area contributed by atoms with Gasteiger partial charge in [0.2, 0.25) is 0 Å². The third-order valence-electron chi connectivity index (χ3n) is 12.2. The minimum absolute atomic E-state index is 0.269. The van der Waals surface area contributed by atoms with Crippen LogP contribution in [0.4, 0.5) is 20.5 Å². The Hall–Kier alpha value is -6.38. The number of aliphatic hydroxyl groups excluding tert-OH is 1. The zero-order valence-electron chi connectivity index (χ0n) is 36.5. The summed E-state index contributed by atoms with van der Waals surface area (Å²) < 4.78 is 46.0. The molecule has 0 spiro atoms. The Labute approximate surface area is 367 Å². The molecule has 0 unspecified atom stereocenters. The van der Waals surface area contributed by atoms with Crippen LogP contribution in [0.5, 0.6) is 0 Å². The highest BCUT2D eigenvalue weighted by molar-refractivity contribution is 5.81. The minimum atomic E-state index is -0.586. The predicted octanol–water partition coefficient (Wildman–Crippen LogP) is 9.07. The number of nitrogens with two attached hydrogens (primary N) is 2. The smallest absolute Gasteiger partial charge is 0.253 e. The number of hydrogen-bond donors (Lipinski definition) is 3. The zero-order chi connectivity index (χ0) is 44.7. The van der Waals surface area contributed by atoms with Crippen LogP contribution in [0.25, 0.3) is 22.3 Å². The fraction of sp³-hybridized carbons (Fsp3) is 0.347. The van der Waals surface area contributed by atoms with Crippen molar-refractivity contribution in [1.82, 2.24) is 20.1 Å². The van der Waals surface area contributed by atoms with Crippen LogP contribution in [0.1, 0.15) is 75.9 Å². The first-order chi connectivity index (χ1) is 30.2. The Balaban J connectivity index is 0.000000189. The van der Waals surface area contributed by atoms with Gasteiger partial charge in [0.25, 0.3) is 11.8 Å². The third-order valence-corrected chi connectivity index (χ3v) is 12.2. The topological polar surface area (TPSA) is 165 Å². The number of piperidine rings is 2. The summed E-state index contributed by atoms with van der Waals surface area (Å²) in [6.45, 7) is 10.8. The Morgan fingerprint density at radius 2 is 1.03 bits per heavy atom. The van der Waals surface area contributed by atoms with E-state index in [1.54, 1.807) is 37.4 Å². The lowest BCUT2D eigenvalue weighted by molar-refractivity contribution is 0.0576. The molecule has 2 aromatic heterocycles. The van der Waals surface area contributed by atoms with E-state index in [0.29, 0.717) is 72.1 Å². The van der Waals surface area contributed by atoms with Crippen LogP contribution in [0.15, 0.2) is 128 Å². The Morgan fingerprint density at radius 3 is 1.41 bits per heavy atom. The second-order valence-electron chi connectivity index (χ2n) is 17.1. The summed E-state index contributed by atoms with van der Waals surface area (Å²) in [6.07, 6.45) is 3.13. The van der Waals surface area contributed by atoms with Crippen LogP contribution in [-0.2, 0) is 15.6 Å². The molecule has 2 saturated heterocycles. The molecule has 8 rings (SSSR count). The van der Waals surface area contributed by atoms with Gasteiger partial charge in [-0.05, 0) is 60.1 Å². The van der Waals surface area contributed by atoms with E-state index >= 15 is 0 Å².